The normalized spacial score (nSPS) is 12.4. The molecular weight excluding hydrogens is 590 g/mol. The molecule has 2 N–H and O–H groups in total. The Morgan fingerprint density at radius 3 is 2.51 bits per heavy atom. The molecule has 0 spiro atoms. The quantitative estimate of drug-likeness (QED) is 0.376. The highest BCUT2D eigenvalue weighted by atomic mass is 35.5. The van der Waals surface area contributed by atoms with E-state index in [0.29, 0.717) is 45.5 Å². The number of carbonyl (C=O) groups excluding carboxylic acids is 3. The van der Waals surface area contributed by atoms with E-state index >= 15 is 0 Å². The molecule has 13 heteroatoms. The predicted octanol–water partition coefficient (Wildman–Crippen LogP) is 3.12. The first-order valence-corrected chi connectivity index (χ1v) is 15.9. The Labute approximate surface area is 247 Å². The summed E-state index contributed by atoms with van der Waals surface area (Å²) in [6.07, 6.45) is 1.66. The van der Waals surface area contributed by atoms with Crippen molar-refractivity contribution in [3.63, 3.8) is 0 Å². The number of thiophene rings is 1. The van der Waals surface area contributed by atoms with Crippen molar-refractivity contribution in [1.29, 1.82) is 0 Å². The summed E-state index contributed by atoms with van der Waals surface area (Å²) in [5.74, 6) is -0.678. The molecule has 0 radical (unpaired) electrons. The zero-order chi connectivity index (χ0) is 29.9. The number of hydrogen-bond acceptors (Lipinski definition) is 8. The van der Waals surface area contributed by atoms with Crippen LogP contribution in [0.1, 0.15) is 36.0 Å². The van der Waals surface area contributed by atoms with E-state index in [2.05, 4.69) is 5.32 Å². The number of fused-ring (bicyclic) bond motifs is 3. The van der Waals surface area contributed by atoms with E-state index in [9.17, 15) is 22.8 Å². The summed E-state index contributed by atoms with van der Waals surface area (Å²) in [5, 5.41) is 12.1. The van der Waals surface area contributed by atoms with E-state index in [1.54, 1.807) is 50.5 Å². The fourth-order valence-electron chi connectivity index (χ4n) is 4.29. The van der Waals surface area contributed by atoms with E-state index in [-0.39, 0.29) is 37.3 Å². The minimum absolute atomic E-state index is 0.00408. The Hall–Kier alpha value is -3.45. The molecule has 0 saturated carbocycles. The fourth-order valence-corrected chi connectivity index (χ4v) is 6.22. The van der Waals surface area contributed by atoms with Gasteiger partial charge in [-0.15, -0.1) is 11.3 Å². The van der Waals surface area contributed by atoms with E-state index < -0.39 is 15.7 Å². The maximum absolute atomic E-state index is 13.6. The summed E-state index contributed by atoms with van der Waals surface area (Å²) in [6.45, 7) is 0.353. The van der Waals surface area contributed by atoms with Gasteiger partial charge in [-0.1, -0.05) is 11.6 Å². The number of nitrogens with zero attached hydrogens (tertiary/aromatic N) is 2. The molecule has 0 saturated heterocycles. The zero-order valence-corrected chi connectivity index (χ0v) is 25.2. The summed E-state index contributed by atoms with van der Waals surface area (Å²) < 4.78 is 28.6. The van der Waals surface area contributed by atoms with E-state index in [1.165, 1.54) is 21.1 Å². The number of likely N-dealkylation sites (N-methyl/N-ethyl adjacent to an activating group) is 1. The topological polar surface area (TPSA) is 133 Å². The van der Waals surface area contributed by atoms with Crippen molar-refractivity contribution >= 4 is 56.2 Å². The standard InChI is InChI=1S/C28H30ClN3O7S2/c1-31(10-11-33)27(35)19-5-7-21(29)22(14-19)32(2)28(36)24-16-17-8-12-39-23-15-18(4-6-20(23)25(17)40-24)26(34)30-9-13-41(3,37)38/h4-7,14-16,33H,8-13H2,1-3H3,(H,30,34). The summed E-state index contributed by atoms with van der Waals surface area (Å²) >= 11 is 7.71. The Bertz CT molecular complexity index is 1600. The molecular formula is C28H30ClN3O7S2. The number of aliphatic hydroxyl groups excluding tert-OH is 1. The first-order chi connectivity index (χ1) is 19.4. The number of anilines is 1. The van der Waals surface area contributed by atoms with Gasteiger partial charge in [-0.25, -0.2) is 8.42 Å². The molecule has 0 aliphatic carbocycles. The molecule has 41 heavy (non-hydrogen) atoms. The Morgan fingerprint density at radius 2 is 1.80 bits per heavy atom. The summed E-state index contributed by atoms with van der Waals surface area (Å²) in [5.41, 5.74) is 2.72. The number of sulfone groups is 1. The van der Waals surface area contributed by atoms with Crippen molar-refractivity contribution in [3.05, 3.63) is 69.1 Å². The van der Waals surface area contributed by atoms with Gasteiger partial charge in [0.2, 0.25) is 0 Å². The van der Waals surface area contributed by atoms with Crippen LogP contribution >= 0.6 is 22.9 Å². The molecule has 1 aromatic heterocycles. The predicted molar refractivity (Wildman–Crippen MR) is 159 cm³/mol. The third kappa shape index (κ3) is 7.07. The lowest BCUT2D eigenvalue weighted by molar-refractivity contribution is 0.0766. The van der Waals surface area contributed by atoms with Crippen LogP contribution in [0.4, 0.5) is 5.69 Å². The van der Waals surface area contributed by atoms with E-state index in [0.717, 1.165) is 22.3 Å². The number of ether oxygens (including phenoxy) is 1. The molecule has 1 aliphatic rings. The number of carbonyl (C=O) groups is 3. The Morgan fingerprint density at radius 1 is 1.07 bits per heavy atom. The van der Waals surface area contributed by atoms with Crippen molar-refractivity contribution in [1.82, 2.24) is 10.2 Å². The smallest absolute Gasteiger partial charge is 0.268 e. The van der Waals surface area contributed by atoms with Crippen LogP contribution in [-0.4, -0.2) is 88.6 Å². The van der Waals surface area contributed by atoms with Gasteiger partial charge in [0.1, 0.15) is 15.6 Å². The van der Waals surface area contributed by atoms with Crippen molar-refractivity contribution < 1.29 is 32.6 Å². The molecule has 218 valence electrons. The van der Waals surface area contributed by atoms with Crippen LogP contribution < -0.4 is 15.0 Å². The summed E-state index contributed by atoms with van der Waals surface area (Å²) in [4.78, 5) is 42.9. The number of hydrogen-bond donors (Lipinski definition) is 2. The van der Waals surface area contributed by atoms with Gasteiger partial charge in [-0.2, -0.15) is 0 Å². The van der Waals surface area contributed by atoms with Gasteiger partial charge < -0.3 is 25.0 Å². The van der Waals surface area contributed by atoms with Crippen LogP contribution in [0, 0.1) is 0 Å². The van der Waals surface area contributed by atoms with Crippen LogP contribution in [-0.2, 0) is 16.3 Å². The molecule has 3 amide bonds. The molecule has 2 heterocycles. The number of rotatable bonds is 9. The van der Waals surface area contributed by atoms with Gasteiger partial charge in [0.15, 0.2) is 0 Å². The van der Waals surface area contributed by atoms with Gasteiger partial charge in [0.25, 0.3) is 17.7 Å². The third-order valence-electron chi connectivity index (χ3n) is 6.54. The maximum Gasteiger partial charge on any atom is 0.268 e. The van der Waals surface area contributed by atoms with Crippen LogP contribution in [0.2, 0.25) is 5.02 Å². The number of benzene rings is 2. The molecule has 2 aromatic carbocycles. The van der Waals surface area contributed by atoms with Crippen molar-refractivity contribution in [2.45, 2.75) is 6.42 Å². The highest BCUT2D eigenvalue weighted by molar-refractivity contribution is 7.90. The number of amides is 3. The number of halogens is 1. The van der Waals surface area contributed by atoms with Gasteiger partial charge in [-0.3, -0.25) is 14.4 Å². The number of nitrogens with one attached hydrogen (secondary N) is 1. The number of aliphatic hydroxyl groups is 1. The molecule has 4 rings (SSSR count). The highest BCUT2D eigenvalue weighted by Gasteiger charge is 2.25. The second-order valence-electron chi connectivity index (χ2n) is 9.64. The lowest BCUT2D eigenvalue weighted by Crippen LogP contribution is -2.30. The minimum atomic E-state index is -3.20. The van der Waals surface area contributed by atoms with E-state index in [4.69, 9.17) is 21.4 Å². The van der Waals surface area contributed by atoms with Gasteiger partial charge in [0, 0.05) is 61.4 Å². The molecule has 1 aliphatic heterocycles. The van der Waals surface area contributed by atoms with Crippen LogP contribution in [0.15, 0.2) is 42.5 Å². The average molecular weight is 620 g/mol. The van der Waals surface area contributed by atoms with Gasteiger partial charge >= 0.3 is 0 Å². The largest absolute Gasteiger partial charge is 0.493 e. The molecule has 0 atom stereocenters. The molecule has 0 unspecified atom stereocenters. The average Bonchev–Trinajstić information content (AvgIpc) is 3.27. The van der Waals surface area contributed by atoms with Crippen molar-refractivity contribution in [2.24, 2.45) is 0 Å². The van der Waals surface area contributed by atoms with Crippen LogP contribution in [0.25, 0.3) is 10.4 Å². The molecule has 0 bridgehead atoms. The maximum atomic E-state index is 13.6. The zero-order valence-electron chi connectivity index (χ0n) is 22.8. The first kappa shape index (κ1) is 30.5. The molecule has 0 fully saturated rings. The Kier molecular flexibility index (Phi) is 9.37. The second kappa shape index (κ2) is 12.6. The minimum Gasteiger partial charge on any atom is -0.493 e. The van der Waals surface area contributed by atoms with Gasteiger partial charge in [0.05, 0.1) is 34.6 Å². The van der Waals surface area contributed by atoms with Crippen molar-refractivity contribution in [2.75, 3.05) is 57.3 Å². The highest BCUT2D eigenvalue weighted by Crippen LogP contribution is 2.42. The summed E-state index contributed by atoms with van der Waals surface area (Å²) in [7, 11) is -0.0302. The molecule has 3 aromatic rings. The lowest BCUT2D eigenvalue weighted by Gasteiger charge is -2.20. The summed E-state index contributed by atoms with van der Waals surface area (Å²) in [6, 6.07) is 11.5. The van der Waals surface area contributed by atoms with Crippen LogP contribution in [0.5, 0.6) is 5.75 Å². The SMILES string of the molecule is CN(CCO)C(=O)c1ccc(Cl)c(N(C)C(=O)c2cc3c(s2)-c2ccc(C(=O)NCCS(C)(=O)=O)cc2OCC3)c1. The van der Waals surface area contributed by atoms with Crippen molar-refractivity contribution in [3.8, 4) is 16.2 Å². The lowest BCUT2D eigenvalue weighted by atomic mass is 10.0. The Balaban J connectivity index is 1.57. The third-order valence-corrected chi connectivity index (χ3v) is 9.00. The van der Waals surface area contributed by atoms with Crippen LogP contribution in [0.3, 0.4) is 0 Å². The van der Waals surface area contributed by atoms with Gasteiger partial charge in [-0.05, 0) is 48.0 Å². The second-order valence-corrected chi connectivity index (χ2v) is 13.4. The monoisotopic (exact) mass is 619 g/mol. The fraction of sp³-hybridized carbons (Fsp3) is 0.321. The molecule has 10 nitrogen and oxygen atoms in total. The first-order valence-electron chi connectivity index (χ1n) is 12.7. The van der Waals surface area contributed by atoms with E-state index in [1.807, 2.05) is 6.07 Å².